The number of nitrogens with zero attached hydrogens (tertiary/aromatic N) is 4. The first kappa shape index (κ1) is 17.4. The molecule has 0 radical (unpaired) electrons. The van der Waals surface area contributed by atoms with Crippen LogP contribution >= 0.6 is 22.7 Å². The van der Waals surface area contributed by atoms with Crippen LogP contribution in [0.2, 0.25) is 0 Å². The summed E-state index contributed by atoms with van der Waals surface area (Å²) < 4.78 is 0. The van der Waals surface area contributed by atoms with Gasteiger partial charge < -0.3 is 9.88 Å². The zero-order valence-electron chi connectivity index (χ0n) is 15.3. The van der Waals surface area contributed by atoms with E-state index < -0.39 is 0 Å². The summed E-state index contributed by atoms with van der Waals surface area (Å²) in [5.41, 5.74) is 5.94. The second-order valence-corrected chi connectivity index (χ2v) is 8.66. The van der Waals surface area contributed by atoms with Gasteiger partial charge in [0.05, 0.1) is 27.0 Å². The van der Waals surface area contributed by atoms with E-state index in [2.05, 4.69) is 42.9 Å². The minimum atomic E-state index is 0.635. The molecular weight excluding hydrogens is 388 g/mol. The van der Waals surface area contributed by atoms with Gasteiger partial charge in [-0.25, -0.2) is 15.4 Å². The number of thiazole rings is 1. The molecule has 5 rings (SSSR count). The summed E-state index contributed by atoms with van der Waals surface area (Å²) in [5.74, 6) is 0.635. The first-order valence-electron chi connectivity index (χ1n) is 9.40. The molecular formula is C20H20N6S2. The van der Waals surface area contributed by atoms with Crippen molar-refractivity contribution in [2.45, 2.75) is 19.3 Å². The molecule has 1 aliphatic heterocycles. The van der Waals surface area contributed by atoms with E-state index in [4.69, 9.17) is 4.98 Å². The van der Waals surface area contributed by atoms with E-state index in [-0.39, 0.29) is 0 Å². The van der Waals surface area contributed by atoms with Crippen LogP contribution in [0.5, 0.6) is 0 Å². The van der Waals surface area contributed by atoms with Gasteiger partial charge >= 0.3 is 0 Å². The summed E-state index contributed by atoms with van der Waals surface area (Å²) in [5, 5.41) is 7.60. The Morgan fingerprint density at radius 2 is 1.96 bits per heavy atom. The lowest BCUT2D eigenvalue weighted by molar-refractivity contribution is 0.577. The molecule has 0 unspecified atom stereocenters. The Kier molecular flexibility index (Phi) is 4.80. The molecule has 4 heterocycles. The van der Waals surface area contributed by atoms with Gasteiger partial charge in [-0.15, -0.1) is 11.3 Å². The average Bonchev–Trinajstić information content (AvgIpc) is 3.47. The van der Waals surface area contributed by atoms with Gasteiger partial charge in [0.1, 0.15) is 5.69 Å². The zero-order chi connectivity index (χ0) is 18.8. The number of hydrazone groups is 1. The molecule has 1 aromatic carbocycles. The second-order valence-electron chi connectivity index (χ2n) is 6.71. The quantitative estimate of drug-likeness (QED) is 0.352. The van der Waals surface area contributed by atoms with Crippen LogP contribution in [0.25, 0.3) is 21.6 Å². The number of hydrogen-bond acceptors (Lipinski definition) is 7. The number of fused-ring (bicyclic) bond motifs is 1. The number of aromatic amines is 1. The van der Waals surface area contributed by atoms with Crippen LogP contribution in [-0.4, -0.2) is 34.3 Å². The highest BCUT2D eigenvalue weighted by Crippen LogP contribution is 2.35. The molecule has 6 nitrogen and oxygen atoms in total. The fourth-order valence-corrected chi connectivity index (χ4v) is 5.17. The number of H-pyrrole nitrogens is 1. The van der Waals surface area contributed by atoms with Crippen molar-refractivity contribution in [2.24, 2.45) is 5.10 Å². The van der Waals surface area contributed by atoms with E-state index in [1.807, 2.05) is 30.5 Å². The normalized spacial score (nSPS) is 14.9. The Morgan fingerprint density at radius 1 is 1.07 bits per heavy atom. The SMILES string of the molecule is C(=N/Nc1nc2ccccc2[nH]1)/c1sc(N2CCCCC2)nc1-c1cccs1. The van der Waals surface area contributed by atoms with Crippen molar-refractivity contribution in [3.8, 4) is 10.6 Å². The van der Waals surface area contributed by atoms with Gasteiger partial charge in [-0.3, -0.25) is 0 Å². The molecule has 8 heteroatoms. The predicted molar refractivity (Wildman–Crippen MR) is 119 cm³/mol. The summed E-state index contributed by atoms with van der Waals surface area (Å²) in [7, 11) is 0. The maximum Gasteiger partial charge on any atom is 0.222 e. The fourth-order valence-electron chi connectivity index (χ4n) is 3.38. The third-order valence-electron chi connectivity index (χ3n) is 4.76. The molecule has 1 saturated heterocycles. The molecule has 3 aromatic heterocycles. The highest BCUT2D eigenvalue weighted by Gasteiger charge is 2.19. The summed E-state index contributed by atoms with van der Waals surface area (Å²) in [4.78, 5) is 17.3. The lowest BCUT2D eigenvalue weighted by atomic mass is 10.1. The Bertz CT molecular complexity index is 1060. The number of hydrogen-bond donors (Lipinski definition) is 2. The summed E-state index contributed by atoms with van der Waals surface area (Å²) in [6.45, 7) is 2.18. The first-order valence-corrected chi connectivity index (χ1v) is 11.1. The van der Waals surface area contributed by atoms with E-state index >= 15 is 0 Å². The van der Waals surface area contributed by atoms with Gasteiger partial charge in [0, 0.05) is 13.1 Å². The Morgan fingerprint density at radius 3 is 2.79 bits per heavy atom. The Hall–Kier alpha value is -2.71. The molecule has 0 aliphatic carbocycles. The highest BCUT2D eigenvalue weighted by molar-refractivity contribution is 7.18. The third-order valence-corrected chi connectivity index (χ3v) is 6.69. The van der Waals surface area contributed by atoms with Gasteiger partial charge in [0.2, 0.25) is 5.95 Å². The van der Waals surface area contributed by atoms with Crippen LogP contribution in [0.15, 0.2) is 46.9 Å². The predicted octanol–water partition coefficient (Wildman–Crippen LogP) is 5.18. The third kappa shape index (κ3) is 3.53. The van der Waals surface area contributed by atoms with E-state index in [1.165, 1.54) is 24.1 Å². The largest absolute Gasteiger partial charge is 0.348 e. The van der Waals surface area contributed by atoms with E-state index in [0.717, 1.165) is 39.8 Å². The molecule has 4 aromatic rings. The smallest absolute Gasteiger partial charge is 0.222 e. The Balaban J connectivity index is 1.41. The second kappa shape index (κ2) is 7.73. The zero-order valence-corrected chi connectivity index (χ0v) is 16.9. The number of para-hydroxylation sites is 2. The molecule has 0 saturated carbocycles. The molecule has 142 valence electrons. The number of piperidine rings is 1. The van der Waals surface area contributed by atoms with Crippen molar-refractivity contribution in [3.63, 3.8) is 0 Å². The summed E-state index contributed by atoms with van der Waals surface area (Å²) >= 11 is 3.41. The summed E-state index contributed by atoms with van der Waals surface area (Å²) in [6, 6.07) is 12.1. The van der Waals surface area contributed by atoms with E-state index in [9.17, 15) is 0 Å². The number of anilines is 2. The molecule has 0 bridgehead atoms. The first-order chi connectivity index (χ1) is 13.9. The number of thiophene rings is 1. The van der Waals surface area contributed by atoms with Gasteiger partial charge in [-0.1, -0.05) is 29.5 Å². The highest BCUT2D eigenvalue weighted by atomic mass is 32.1. The minimum absolute atomic E-state index is 0.635. The topological polar surface area (TPSA) is 69.2 Å². The fraction of sp³-hybridized carbons (Fsp3) is 0.250. The molecule has 0 atom stereocenters. The van der Waals surface area contributed by atoms with Crippen molar-refractivity contribution < 1.29 is 0 Å². The van der Waals surface area contributed by atoms with Crippen LogP contribution in [0.4, 0.5) is 11.1 Å². The standard InChI is InChI=1S/C20H20N6S2/c1-4-10-26(11-5-1)20-24-18(16-9-6-12-27-16)17(28-20)13-21-25-19-22-14-7-2-3-8-15(14)23-19/h2-3,6-9,12-13H,1,4-5,10-11H2,(H2,22,23,25)/b21-13-. The van der Waals surface area contributed by atoms with Crippen molar-refractivity contribution in [1.82, 2.24) is 15.0 Å². The van der Waals surface area contributed by atoms with Crippen molar-refractivity contribution in [3.05, 3.63) is 46.7 Å². The van der Waals surface area contributed by atoms with Crippen LogP contribution in [0, 0.1) is 0 Å². The molecule has 0 spiro atoms. The monoisotopic (exact) mass is 408 g/mol. The number of imidazole rings is 1. The summed E-state index contributed by atoms with van der Waals surface area (Å²) in [6.07, 6.45) is 5.65. The molecule has 1 fully saturated rings. The molecule has 28 heavy (non-hydrogen) atoms. The van der Waals surface area contributed by atoms with Crippen LogP contribution < -0.4 is 10.3 Å². The lowest BCUT2D eigenvalue weighted by Gasteiger charge is -2.25. The van der Waals surface area contributed by atoms with Crippen molar-refractivity contribution in [2.75, 3.05) is 23.4 Å². The minimum Gasteiger partial charge on any atom is -0.348 e. The molecule has 0 amide bonds. The number of nitrogens with one attached hydrogen (secondary N) is 2. The maximum atomic E-state index is 4.95. The number of aromatic nitrogens is 3. The van der Waals surface area contributed by atoms with Crippen LogP contribution in [-0.2, 0) is 0 Å². The van der Waals surface area contributed by atoms with Gasteiger partial charge in [0.15, 0.2) is 5.13 Å². The number of benzene rings is 1. The van der Waals surface area contributed by atoms with E-state index in [0.29, 0.717) is 5.95 Å². The van der Waals surface area contributed by atoms with Gasteiger partial charge in [-0.2, -0.15) is 5.10 Å². The van der Waals surface area contributed by atoms with Crippen LogP contribution in [0.1, 0.15) is 24.1 Å². The average molecular weight is 409 g/mol. The molecule has 1 aliphatic rings. The molecule has 2 N–H and O–H groups in total. The van der Waals surface area contributed by atoms with Crippen molar-refractivity contribution >= 4 is 51.0 Å². The Labute approximate surface area is 171 Å². The van der Waals surface area contributed by atoms with Crippen LogP contribution in [0.3, 0.4) is 0 Å². The number of rotatable bonds is 5. The van der Waals surface area contributed by atoms with Gasteiger partial charge in [0.25, 0.3) is 0 Å². The van der Waals surface area contributed by atoms with Gasteiger partial charge in [-0.05, 0) is 42.8 Å². The van der Waals surface area contributed by atoms with E-state index in [1.54, 1.807) is 22.7 Å². The lowest BCUT2D eigenvalue weighted by Crippen LogP contribution is -2.29. The van der Waals surface area contributed by atoms with Crippen molar-refractivity contribution in [1.29, 1.82) is 0 Å². The maximum absolute atomic E-state index is 4.95.